The first-order chi connectivity index (χ1) is 5.47. The lowest BCUT2D eigenvalue weighted by atomic mass is 9.90. The molecular weight excluding hydrogens is 176 g/mol. The zero-order valence-electron chi connectivity index (χ0n) is 7.70. The number of hydrogen-bond acceptors (Lipinski definition) is 5. The Morgan fingerprint density at radius 1 is 1.33 bits per heavy atom. The van der Waals surface area contributed by atoms with Gasteiger partial charge >= 0.3 is 0 Å². The molecule has 2 N–H and O–H groups in total. The molecule has 0 unspecified atom stereocenters. The molecule has 0 radical (unpaired) electrons. The van der Waals surface area contributed by atoms with E-state index in [1.165, 1.54) is 7.05 Å². The van der Waals surface area contributed by atoms with Crippen molar-refractivity contribution in [1.29, 1.82) is 0 Å². The Morgan fingerprint density at radius 3 is 1.92 bits per heavy atom. The van der Waals surface area contributed by atoms with Crippen LogP contribution in [0.4, 0.5) is 0 Å². The second kappa shape index (κ2) is 4.47. The predicted molar refractivity (Wildman–Crippen MR) is 52.3 cm³/mol. The van der Waals surface area contributed by atoms with Gasteiger partial charge < -0.3 is 9.76 Å². The number of nitrogens with zero attached hydrogens (tertiary/aromatic N) is 2. The molecule has 5 heteroatoms. The van der Waals surface area contributed by atoms with Gasteiger partial charge in [0, 0.05) is 24.5 Å². The highest BCUT2D eigenvalue weighted by molar-refractivity contribution is 8.11. The van der Waals surface area contributed by atoms with Crippen molar-refractivity contribution in [3.05, 3.63) is 0 Å². The van der Waals surface area contributed by atoms with E-state index in [0.29, 0.717) is 22.8 Å². The fraction of sp³-hybridized carbons (Fsp3) is 0.714. The highest BCUT2D eigenvalue weighted by Crippen LogP contribution is 2.20. The van der Waals surface area contributed by atoms with Crippen LogP contribution in [0.2, 0.25) is 0 Å². The van der Waals surface area contributed by atoms with Crippen LogP contribution in [0.1, 0.15) is 20.8 Å². The fourth-order valence-corrected chi connectivity index (χ4v) is 1.22. The van der Waals surface area contributed by atoms with Gasteiger partial charge in [-0.1, -0.05) is 25.9 Å². The standard InChI is InChI=1S/C7H14N2O2S/c1-7(2,3)5(9-10)6(8-4)12-11/h10-11H,1-4H3. The lowest BCUT2D eigenvalue weighted by Crippen LogP contribution is -2.27. The minimum atomic E-state index is -0.320. The van der Waals surface area contributed by atoms with Crippen LogP contribution in [-0.2, 0) is 0 Å². The van der Waals surface area contributed by atoms with Crippen LogP contribution in [0.25, 0.3) is 0 Å². The van der Waals surface area contributed by atoms with Crippen LogP contribution >= 0.6 is 12.0 Å². The molecule has 12 heavy (non-hydrogen) atoms. The zero-order chi connectivity index (χ0) is 9.78. The summed E-state index contributed by atoms with van der Waals surface area (Å²) in [5, 5.41) is 12.1. The fourth-order valence-electron chi connectivity index (χ4n) is 0.704. The average Bonchev–Trinajstić information content (AvgIpc) is 1.97. The Bertz CT molecular complexity index is 206. The number of rotatable bonds is 1. The SMILES string of the molecule is CN=C(SO)C(=NO)C(C)(C)C. The Morgan fingerprint density at radius 2 is 1.83 bits per heavy atom. The van der Waals surface area contributed by atoms with E-state index in [2.05, 4.69) is 10.1 Å². The second-order valence-electron chi connectivity index (χ2n) is 3.32. The monoisotopic (exact) mass is 190 g/mol. The molecule has 0 aromatic carbocycles. The summed E-state index contributed by atoms with van der Waals surface area (Å²) in [5.41, 5.74) is 0.0665. The molecule has 0 saturated carbocycles. The number of aliphatic imine (C=N–C) groups is 1. The van der Waals surface area contributed by atoms with Gasteiger partial charge in [-0.05, 0) is 0 Å². The van der Waals surface area contributed by atoms with Gasteiger partial charge in [0.05, 0.1) is 0 Å². The highest BCUT2D eigenvalue weighted by Gasteiger charge is 2.24. The zero-order valence-corrected chi connectivity index (χ0v) is 8.51. The summed E-state index contributed by atoms with van der Waals surface area (Å²) in [6.45, 7) is 5.64. The summed E-state index contributed by atoms with van der Waals surface area (Å²) in [7, 11) is 1.54. The van der Waals surface area contributed by atoms with E-state index in [1.807, 2.05) is 20.8 Å². The normalized spacial score (nSPS) is 15.1. The molecule has 4 nitrogen and oxygen atoms in total. The Labute approximate surface area is 76.6 Å². The first-order valence-corrected chi connectivity index (χ1v) is 4.25. The van der Waals surface area contributed by atoms with E-state index >= 15 is 0 Å². The minimum Gasteiger partial charge on any atom is -0.411 e. The third kappa shape index (κ3) is 2.83. The largest absolute Gasteiger partial charge is 0.411 e. The molecule has 0 atom stereocenters. The highest BCUT2D eigenvalue weighted by atomic mass is 32.2. The van der Waals surface area contributed by atoms with Crippen molar-refractivity contribution in [2.45, 2.75) is 20.8 Å². The van der Waals surface area contributed by atoms with Gasteiger partial charge in [0.15, 0.2) is 0 Å². The summed E-state index contributed by atoms with van der Waals surface area (Å²) >= 11 is 0.489. The molecular formula is C7H14N2O2S. The molecule has 0 bridgehead atoms. The molecule has 0 aliphatic heterocycles. The van der Waals surface area contributed by atoms with E-state index in [1.54, 1.807) is 0 Å². The maximum atomic E-state index is 8.78. The predicted octanol–water partition coefficient (Wildman–Crippen LogP) is 2.10. The van der Waals surface area contributed by atoms with Crippen LogP contribution < -0.4 is 0 Å². The number of hydrogen-bond donors (Lipinski definition) is 2. The van der Waals surface area contributed by atoms with Crippen molar-refractivity contribution < 1.29 is 9.76 Å². The average molecular weight is 190 g/mol. The van der Waals surface area contributed by atoms with Gasteiger partial charge in [-0.3, -0.25) is 4.99 Å². The van der Waals surface area contributed by atoms with Gasteiger partial charge in [-0.2, -0.15) is 0 Å². The third-order valence-electron chi connectivity index (χ3n) is 1.30. The molecule has 0 aromatic heterocycles. The van der Waals surface area contributed by atoms with Crippen molar-refractivity contribution in [3.8, 4) is 0 Å². The smallest absolute Gasteiger partial charge is 0.143 e. The maximum absolute atomic E-state index is 8.78. The van der Waals surface area contributed by atoms with Gasteiger partial charge in [0.1, 0.15) is 10.8 Å². The van der Waals surface area contributed by atoms with Crippen LogP contribution in [0.15, 0.2) is 10.1 Å². The lowest BCUT2D eigenvalue weighted by molar-refractivity contribution is 0.313. The van der Waals surface area contributed by atoms with Gasteiger partial charge in [-0.25, -0.2) is 0 Å². The number of oxime groups is 1. The molecule has 0 rings (SSSR count). The minimum absolute atomic E-state index is 0.320. The molecule has 0 spiro atoms. The molecule has 0 amide bonds. The summed E-state index contributed by atoms with van der Waals surface area (Å²) in [6.07, 6.45) is 0. The molecule has 0 saturated heterocycles. The Kier molecular flexibility index (Phi) is 4.26. The van der Waals surface area contributed by atoms with Crippen molar-refractivity contribution in [1.82, 2.24) is 0 Å². The summed E-state index contributed by atoms with van der Waals surface area (Å²) < 4.78 is 8.78. The Balaban J connectivity index is 4.82. The second-order valence-corrected chi connectivity index (χ2v) is 3.89. The maximum Gasteiger partial charge on any atom is 0.143 e. The first-order valence-electron chi connectivity index (χ1n) is 3.48. The molecule has 0 fully saturated rings. The van der Waals surface area contributed by atoms with Crippen molar-refractivity contribution in [3.63, 3.8) is 0 Å². The van der Waals surface area contributed by atoms with Crippen LogP contribution in [0.3, 0.4) is 0 Å². The Hall–Kier alpha value is -0.550. The van der Waals surface area contributed by atoms with E-state index in [0.717, 1.165) is 0 Å². The van der Waals surface area contributed by atoms with Gasteiger partial charge in [0.2, 0.25) is 0 Å². The summed E-state index contributed by atoms with van der Waals surface area (Å²) in [4.78, 5) is 3.78. The molecule has 0 aliphatic rings. The van der Waals surface area contributed by atoms with Crippen molar-refractivity contribution in [2.24, 2.45) is 15.6 Å². The lowest BCUT2D eigenvalue weighted by Gasteiger charge is -2.19. The van der Waals surface area contributed by atoms with E-state index in [9.17, 15) is 0 Å². The van der Waals surface area contributed by atoms with Crippen LogP contribution in [0.5, 0.6) is 0 Å². The van der Waals surface area contributed by atoms with Gasteiger partial charge in [0.25, 0.3) is 0 Å². The topological polar surface area (TPSA) is 65.2 Å². The van der Waals surface area contributed by atoms with E-state index in [4.69, 9.17) is 9.76 Å². The molecule has 0 aliphatic carbocycles. The van der Waals surface area contributed by atoms with Crippen LogP contribution in [-0.4, -0.2) is 27.6 Å². The summed E-state index contributed by atoms with van der Waals surface area (Å²) in [6, 6.07) is 0. The van der Waals surface area contributed by atoms with E-state index < -0.39 is 0 Å². The van der Waals surface area contributed by atoms with Crippen molar-refractivity contribution >= 4 is 22.8 Å². The summed E-state index contributed by atoms with van der Waals surface area (Å²) in [5.74, 6) is 0. The quantitative estimate of drug-likeness (QED) is 0.219. The third-order valence-corrected chi connectivity index (χ3v) is 1.85. The first kappa shape index (κ1) is 11.4. The molecule has 0 aromatic rings. The van der Waals surface area contributed by atoms with Crippen LogP contribution in [0, 0.1) is 5.41 Å². The van der Waals surface area contributed by atoms with E-state index in [-0.39, 0.29) is 5.41 Å². The van der Waals surface area contributed by atoms with Gasteiger partial charge in [-0.15, -0.1) is 0 Å². The molecule has 0 heterocycles. The molecule has 70 valence electrons. The van der Waals surface area contributed by atoms with Crippen molar-refractivity contribution in [2.75, 3.05) is 7.05 Å².